The van der Waals surface area contributed by atoms with Crippen LogP contribution in [-0.2, 0) is 0 Å². The lowest BCUT2D eigenvalue weighted by molar-refractivity contribution is 0.415. The summed E-state index contributed by atoms with van der Waals surface area (Å²) in [5.41, 5.74) is 1.06. The second-order valence-electron chi connectivity index (χ2n) is 3.75. The van der Waals surface area contributed by atoms with Crippen molar-refractivity contribution >= 4 is 39.1 Å². The molecular formula is C11H11BrCl2O. The number of halogens is 3. The van der Waals surface area contributed by atoms with Crippen LogP contribution < -0.4 is 4.74 Å². The minimum Gasteiger partial charge on any atom is -0.495 e. The molecule has 0 spiro atoms. The molecule has 1 nitrogen and oxygen atoms in total. The van der Waals surface area contributed by atoms with Crippen LogP contribution in [0.2, 0.25) is 10.0 Å². The number of methoxy groups -OCH3 is 1. The third kappa shape index (κ3) is 2.43. The molecule has 0 aliphatic heterocycles. The highest BCUT2D eigenvalue weighted by Gasteiger charge is 2.32. The number of alkyl halides is 1. The standard InChI is InChI=1S/C11H11BrCl2O/c1-15-10-5-8(13)7(4-9(10)14)11(12)6-2-3-6/h4-6,11H,2-3H2,1H3. The fourth-order valence-corrected chi connectivity index (χ4v) is 3.11. The molecule has 4 heteroatoms. The topological polar surface area (TPSA) is 9.23 Å². The molecule has 2 rings (SSSR count). The molecule has 1 aromatic carbocycles. The molecule has 1 atom stereocenters. The molecule has 0 N–H and O–H groups in total. The number of benzene rings is 1. The lowest BCUT2D eigenvalue weighted by Crippen LogP contribution is -1.95. The molecule has 0 radical (unpaired) electrons. The highest BCUT2D eigenvalue weighted by Crippen LogP contribution is 2.49. The highest BCUT2D eigenvalue weighted by atomic mass is 79.9. The summed E-state index contributed by atoms with van der Waals surface area (Å²) in [7, 11) is 1.59. The van der Waals surface area contributed by atoms with E-state index in [2.05, 4.69) is 15.9 Å². The average molecular weight is 310 g/mol. The van der Waals surface area contributed by atoms with Crippen LogP contribution in [0.1, 0.15) is 23.2 Å². The summed E-state index contributed by atoms with van der Waals surface area (Å²) in [6.45, 7) is 0. The average Bonchev–Trinajstić information content (AvgIpc) is 3.03. The van der Waals surface area contributed by atoms with Gasteiger partial charge in [0, 0.05) is 15.9 Å². The van der Waals surface area contributed by atoms with Gasteiger partial charge in [0.25, 0.3) is 0 Å². The number of ether oxygens (including phenoxy) is 1. The second kappa shape index (κ2) is 4.52. The lowest BCUT2D eigenvalue weighted by Gasteiger charge is -2.13. The highest BCUT2D eigenvalue weighted by molar-refractivity contribution is 9.09. The largest absolute Gasteiger partial charge is 0.495 e. The molecule has 1 aliphatic carbocycles. The maximum atomic E-state index is 6.18. The smallest absolute Gasteiger partial charge is 0.138 e. The Hall–Kier alpha value is 0.0800. The monoisotopic (exact) mass is 308 g/mol. The van der Waals surface area contributed by atoms with Crippen molar-refractivity contribution in [2.45, 2.75) is 17.7 Å². The Labute approximate surface area is 108 Å². The molecule has 0 aromatic heterocycles. The van der Waals surface area contributed by atoms with Gasteiger partial charge in [0.1, 0.15) is 5.75 Å². The van der Waals surface area contributed by atoms with Gasteiger partial charge in [0.15, 0.2) is 0 Å². The summed E-state index contributed by atoms with van der Waals surface area (Å²) in [5, 5.41) is 1.33. The van der Waals surface area contributed by atoms with Gasteiger partial charge in [0.2, 0.25) is 0 Å². The van der Waals surface area contributed by atoms with Crippen LogP contribution in [-0.4, -0.2) is 7.11 Å². The zero-order valence-corrected chi connectivity index (χ0v) is 11.4. The van der Waals surface area contributed by atoms with Gasteiger partial charge in [-0.15, -0.1) is 0 Å². The summed E-state index contributed by atoms with van der Waals surface area (Å²) in [4.78, 5) is 0.313. The van der Waals surface area contributed by atoms with E-state index in [0.717, 1.165) is 5.56 Å². The van der Waals surface area contributed by atoms with Crippen LogP contribution in [0.25, 0.3) is 0 Å². The zero-order chi connectivity index (χ0) is 11.0. The molecule has 1 aromatic rings. The quantitative estimate of drug-likeness (QED) is 0.725. The molecule has 15 heavy (non-hydrogen) atoms. The van der Waals surface area contributed by atoms with Crippen molar-refractivity contribution in [1.29, 1.82) is 0 Å². The first-order valence-electron chi connectivity index (χ1n) is 4.80. The Kier molecular flexibility index (Phi) is 3.49. The summed E-state index contributed by atoms with van der Waals surface area (Å²) in [6, 6.07) is 3.66. The van der Waals surface area contributed by atoms with Crippen LogP contribution in [0, 0.1) is 5.92 Å². The van der Waals surface area contributed by atoms with E-state index in [0.29, 0.717) is 26.5 Å². The first-order chi connectivity index (χ1) is 7.13. The Morgan fingerprint density at radius 1 is 1.33 bits per heavy atom. The van der Waals surface area contributed by atoms with E-state index in [4.69, 9.17) is 27.9 Å². The van der Waals surface area contributed by atoms with Crippen LogP contribution in [0.5, 0.6) is 5.75 Å². The molecule has 0 saturated heterocycles. The zero-order valence-electron chi connectivity index (χ0n) is 8.27. The van der Waals surface area contributed by atoms with Crippen molar-refractivity contribution in [2.75, 3.05) is 7.11 Å². The minimum absolute atomic E-state index is 0.313. The van der Waals surface area contributed by atoms with E-state index in [1.807, 2.05) is 6.07 Å². The molecule has 1 fully saturated rings. The van der Waals surface area contributed by atoms with Gasteiger partial charge >= 0.3 is 0 Å². The van der Waals surface area contributed by atoms with Crippen molar-refractivity contribution in [2.24, 2.45) is 5.92 Å². The molecular weight excluding hydrogens is 299 g/mol. The molecule has 0 bridgehead atoms. The third-order valence-electron chi connectivity index (χ3n) is 2.60. The van der Waals surface area contributed by atoms with Gasteiger partial charge in [0.05, 0.1) is 12.1 Å². The van der Waals surface area contributed by atoms with Gasteiger partial charge in [-0.25, -0.2) is 0 Å². The summed E-state index contributed by atoms with van der Waals surface area (Å²) in [5.74, 6) is 1.33. The van der Waals surface area contributed by atoms with Crippen LogP contribution in [0.3, 0.4) is 0 Å². The number of rotatable bonds is 3. The number of hydrogen-bond acceptors (Lipinski definition) is 1. The first kappa shape index (κ1) is 11.6. The Balaban J connectivity index is 2.34. The Morgan fingerprint density at radius 3 is 2.53 bits per heavy atom. The van der Waals surface area contributed by atoms with Crippen LogP contribution in [0.4, 0.5) is 0 Å². The molecule has 1 unspecified atom stereocenters. The van der Waals surface area contributed by atoms with Crippen molar-refractivity contribution < 1.29 is 4.74 Å². The first-order valence-corrected chi connectivity index (χ1v) is 6.47. The Morgan fingerprint density at radius 2 is 2.00 bits per heavy atom. The molecule has 0 amide bonds. The number of hydrogen-bond donors (Lipinski definition) is 0. The summed E-state index contributed by atoms with van der Waals surface area (Å²) >= 11 is 15.9. The van der Waals surface area contributed by atoms with E-state index >= 15 is 0 Å². The molecule has 82 valence electrons. The molecule has 1 aliphatic rings. The molecule has 1 saturated carbocycles. The van der Waals surface area contributed by atoms with Gasteiger partial charge in [-0.1, -0.05) is 39.1 Å². The maximum absolute atomic E-state index is 6.18. The summed E-state index contributed by atoms with van der Waals surface area (Å²) < 4.78 is 5.10. The maximum Gasteiger partial charge on any atom is 0.138 e. The second-order valence-corrected chi connectivity index (χ2v) is 5.55. The van der Waals surface area contributed by atoms with Crippen molar-refractivity contribution in [3.05, 3.63) is 27.7 Å². The summed E-state index contributed by atoms with van der Waals surface area (Å²) in [6.07, 6.45) is 2.52. The van der Waals surface area contributed by atoms with Gasteiger partial charge in [-0.3, -0.25) is 0 Å². The Bertz CT molecular complexity index is 377. The van der Waals surface area contributed by atoms with Gasteiger partial charge in [-0.05, 0) is 30.4 Å². The lowest BCUT2D eigenvalue weighted by atomic mass is 10.1. The predicted molar refractivity (Wildman–Crippen MR) is 67.4 cm³/mol. The van der Waals surface area contributed by atoms with Crippen molar-refractivity contribution in [3.63, 3.8) is 0 Å². The third-order valence-corrected chi connectivity index (χ3v) is 4.47. The van der Waals surface area contributed by atoms with E-state index in [-0.39, 0.29) is 0 Å². The minimum atomic E-state index is 0.313. The van der Waals surface area contributed by atoms with Crippen molar-refractivity contribution in [3.8, 4) is 5.75 Å². The fraction of sp³-hybridized carbons (Fsp3) is 0.455. The van der Waals surface area contributed by atoms with E-state index < -0.39 is 0 Å². The fourth-order valence-electron chi connectivity index (χ4n) is 1.55. The SMILES string of the molecule is COc1cc(Cl)c(C(Br)C2CC2)cc1Cl. The van der Waals surface area contributed by atoms with Gasteiger partial charge in [-0.2, -0.15) is 0 Å². The normalized spacial score (nSPS) is 17.6. The van der Waals surface area contributed by atoms with E-state index in [1.165, 1.54) is 12.8 Å². The van der Waals surface area contributed by atoms with Gasteiger partial charge < -0.3 is 4.74 Å². The van der Waals surface area contributed by atoms with Crippen LogP contribution in [0.15, 0.2) is 12.1 Å². The van der Waals surface area contributed by atoms with E-state index in [9.17, 15) is 0 Å². The molecule has 0 heterocycles. The van der Waals surface area contributed by atoms with Crippen LogP contribution >= 0.6 is 39.1 Å². The van der Waals surface area contributed by atoms with E-state index in [1.54, 1.807) is 13.2 Å². The van der Waals surface area contributed by atoms with Crippen molar-refractivity contribution in [1.82, 2.24) is 0 Å². The predicted octanol–water partition coefficient (Wildman–Crippen LogP) is 4.85.